The van der Waals surface area contributed by atoms with Crippen molar-refractivity contribution in [1.29, 1.82) is 0 Å². The van der Waals surface area contributed by atoms with E-state index in [9.17, 15) is 9.59 Å². The molecule has 1 aromatic carbocycles. The third-order valence-corrected chi connectivity index (χ3v) is 2.80. The van der Waals surface area contributed by atoms with E-state index in [1.165, 1.54) is 13.0 Å². The molecule has 0 aromatic heterocycles. The summed E-state index contributed by atoms with van der Waals surface area (Å²) in [5.74, 6) is -0.706. The Morgan fingerprint density at radius 2 is 2.00 bits per heavy atom. The Labute approximate surface area is 124 Å². The smallest absolute Gasteiger partial charge is 0.325 e. The van der Waals surface area contributed by atoms with Crippen molar-refractivity contribution in [2.75, 3.05) is 6.61 Å². The van der Waals surface area contributed by atoms with Gasteiger partial charge in [0.05, 0.1) is 6.61 Å². The van der Waals surface area contributed by atoms with Gasteiger partial charge in [-0.05, 0) is 37.1 Å². The lowest BCUT2D eigenvalue weighted by molar-refractivity contribution is -0.140. The molecule has 1 amide bonds. The molecular weight excluding hydrogens is 270 g/mol. The van der Waals surface area contributed by atoms with Gasteiger partial charge in [-0.2, -0.15) is 0 Å². The molecule has 5 heteroatoms. The van der Waals surface area contributed by atoms with Crippen molar-refractivity contribution in [3.63, 3.8) is 0 Å². The van der Waals surface area contributed by atoms with Crippen molar-refractivity contribution >= 4 is 18.0 Å². The molecule has 2 N–H and O–H groups in total. The van der Waals surface area contributed by atoms with E-state index in [0.717, 1.165) is 24.2 Å². The van der Waals surface area contributed by atoms with Crippen LogP contribution in [0.2, 0.25) is 0 Å². The van der Waals surface area contributed by atoms with Crippen molar-refractivity contribution in [3.05, 3.63) is 35.9 Å². The molecular formula is C16H21NO4. The average Bonchev–Trinajstić information content (AvgIpc) is 2.46. The fraction of sp³-hybridized carbons (Fsp3) is 0.375. The van der Waals surface area contributed by atoms with Crippen LogP contribution in [0.15, 0.2) is 30.3 Å². The third kappa shape index (κ3) is 6.61. The molecule has 0 saturated carbocycles. The molecule has 0 bridgehead atoms. The van der Waals surface area contributed by atoms with Crippen LogP contribution in [0.5, 0.6) is 5.75 Å². The number of hydrogen-bond donors (Lipinski definition) is 2. The van der Waals surface area contributed by atoms with Gasteiger partial charge in [-0.3, -0.25) is 9.59 Å². The van der Waals surface area contributed by atoms with E-state index in [4.69, 9.17) is 9.84 Å². The number of unbranched alkanes of at least 4 members (excludes halogenated alkanes) is 1. The van der Waals surface area contributed by atoms with Gasteiger partial charge in [0.1, 0.15) is 11.8 Å². The number of carbonyl (C=O) groups excluding carboxylic acids is 1. The topological polar surface area (TPSA) is 75.6 Å². The van der Waals surface area contributed by atoms with Crippen LogP contribution in [0.1, 0.15) is 32.3 Å². The van der Waals surface area contributed by atoms with Crippen LogP contribution in [0, 0.1) is 0 Å². The number of carboxylic acid groups (broad SMARTS) is 1. The zero-order valence-electron chi connectivity index (χ0n) is 12.3. The summed E-state index contributed by atoms with van der Waals surface area (Å²) >= 11 is 0. The van der Waals surface area contributed by atoms with Gasteiger partial charge in [-0.1, -0.05) is 25.5 Å². The standard InChI is InChI=1S/C16H21NO4/c1-3-4-11-21-14-8-5-13(6-9-14)7-10-15(18)17-12(2)16(19)20/h5-10,12H,3-4,11H2,1-2H3,(H,17,18)(H,19,20)/b10-7+/t12-/m1/s1. The Morgan fingerprint density at radius 1 is 1.33 bits per heavy atom. The highest BCUT2D eigenvalue weighted by Crippen LogP contribution is 2.13. The maximum absolute atomic E-state index is 11.5. The van der Waals surface area contributed by atoms with Gasteiger partial charge in [0.2, 0.25) is 5.91 Å². The van der Waals surface area contributed by atoms with E-state index in [0.29, 0.717) is 6.61 Å². The summed E-state index contributed by atoms with van der Waals surface area (Å²) in [4.78, 5) is 22.1. The fourth-order valence-electron chi connectivity index (χ4n) is 1.50. The molecule has 114 valence electrons. The van der Waals surface area contributed by atoms with E-state index in [2.05, 4.69) is 12.2 Å². The highest BCUT2D eigenvalue weighted by Gasteiger charge is 2.11. The minimum Gasteiger partial charge on any atom is -0.494 e. The second-order valence-corrected chi connectivity index (χ2v) is 4.67. The summed E-state index contributed by atoms with van der Waals surface area (Å²) in [6.07, 6.45) is 5.04. The highest BCUT2D eigenvalue weighted by atomic mass is 16.5. The lowest BCUT2D eigenvalue weighted by Crippen LogP contribution is -2.37. The van der Waals surface area contributed by atoms with Crippen molar-refractivity contribution < 1.29 is 19.4 Å². The Hall–Kier alpha value is -2.30. The number of hydrogen-bond acceptors (Lipinski definition) is 3. The monoisotopic (exact) mass is 291 g/mol. The number of carbonyl (C=O) groups is 2. The van der Waals surface area contributed by atoms with Gasteiger partial charge in [-0.25, -0.2) is 0 Å². The highest BCUT2D eigenvalue weighted by molar-refractivity contribution is 5.94. The SMILES string of the molecule is CCCCOc1ccc(/C=C/C(=O)N[C@H](C)C(=O)O)cc1. The molecule has 0 radical (unpaired) electrons. The van der Waals surface area contributed by atoms with Crippen LogP contribution < -0.4 is 10.1 Å². The number of nitrogens with one attached hydrogen (secondary N) is 1. The van der Waals surface area contributed by atoms with E-state index < -0.39 is 17.9 Å². The third-order valence-electron chi connectivity index (χ3n) is 2.80. The molecule has 1 rings (SSSR count). The zero-order chi connectivity index (χ0) is 15.7. The molecule has 21 heavy (non-hydrogen) atoms. The van der Waals surface area contributed by atoms with Gasteiger partial charge >= 0.3 is 5.97 Å². The number of aliphatic carboxylic acids is 1. The molecule has 1 aromatic rings. The van der Waals surface area contributed by atoms with Gasteiger partial charge in [-0.15, -0.1) is 0 Å². The molecule has 0 spiro atoms. The second kappa shape index (κ2) is 8.79. The normalized spacial score (nSPS) is 12.1. The Kier molecular flexibility index (Phi) is 7.01. The van der Waals surface area contributed by atoms with E-state index in [-0.39, 0.29) is 0 Å². The Morgan fingerprint density at radius 3 is 2.57 bits per heavy atom. The van der Waals surface area contributed by atoms with Gasteiger partial charge in [0, 0.05) is 6.08 Å². The fourth-order valence-corrected chi connectivity index (χ4v) is 1.50. The van der Waals surface area contributed by atoms with E-state index in [1.807, 2.05) is 24.3 Å². The zero-order valence-corrected chi connectivity index (χ0v) is 12.3. The summed E-state index contributed by atoms with van der Waals surface area (Å²) in [5.41, 5.74) is 0.843. The number of benzene rings is 1. The van der Waals surface area contributed by atoms with Crippen LogP contribution in [0.25, 0.3) is 6.08 Å². The number of rotatable bonds is 8. The van der Waals surface area contributed by atoms with Crippen molar-refractivity contribution in [3.8, 4) is 5.75 Å². The molecule has 0 saturated heterocycles. The predicted octanol–water partition coefficient (Wildman–Crippen LogP) is 2.47. The first-order valence-corrected chi connectivity index (χ1v) is 6.97. The molecule has 0 aliphatic rings. The van der Waals surface area contributed by atoms with Gasteiger partial charge in [0.15, 0.2) is 0 Å². The summed E-state index contributed by atoms with van der Waals surface area (Å²) < 4.78 is 5.54. The molecule has 1 atom stereocenters. The van der Waals surface area contributed by atoms with Gasteiger partial charge in [0.25, 0.3) is 0 Å². The predicted molar refractivity (Wildman–Crippen MR) is 81.1 cm³/mol. The molecule has 5 nitrogen and oxygen atoms in total. The molecule has 0 aliphatic heterocycles. The molecule has 0 fully saturated rings. The maximum atomic E-state index is 11.5. The first-order chi connectivity index (χ1) is 10.0. The lowest BCUT2D eigenvalue weighted by atomic mass is 10.2. The summed E-state index contributed by atoms with van der Waals surface area (Å²) in [6, 6.07) is 6.45. The summed E-state index contributed by atoms with van der Waals surface area (Å²) in [5, 5.41) is 11.0. The quantitative estimate of drug-likeness (QED) is 0.570. The summed E-state index contributed by atoms with van der Waals surface area (Å²) in [6.45, 7) is 4.21. The Balaban J connectivity index is 2.49. The van der Waals surface area contributed by atoms with Gasteiger partial charge < -0.3 is 15.2 Å². The maximum Gasteiger partial charge on any atom is 0.325 e. The molecule has 0 heterocycles. The van der Waals surface area contributed by atoms with Crippen LogP contribution >= 0.6 is 0 Å². The van der Waals surface area contributed by atoms with E-state index >= 15 is 0 Å². The number of ether oxygens (including phenoxy) is 1. The van der Waals surface area contributed by atoms with Crippen LogP contribution in [0.3, 0.4) is 0 Å². The largest absolute Gasteiger partial charge is 0.494 e. The number of carboxylic acids is 1. The number of amides is 1. The van der Waals surface area contributed by atoms with E-state index in [1.54, 1.807) is 6.08 Å². The molecule has 0 aliphatic carbocycles. The van der Waals surface area contributed by atoms with Crippen LogP contribution in [-0.4, -0.2) is 29.6 Å². The van der Waals surface area contributed by atoms with Crippen molar-refractivity contribution in [1.82, 2.24) is 5.32 Å². The first kappa shape index (κ1) is 16.8. The minimum absolute atomic E-state index is 0.437. The average molecular weight is 291 g/mol. The van der Waals surface area contributed by atoms with Crippen molar-refractivity contribution in [2.45, 2.75) is 32.7 Å². The minimum atomic E-state index is -1.06. The van der Waals surface area contributed by atoms with Crippen molar-refractivity contribution in [2.24, 2.45) is 0 Å². The van der Waals surface area contributed by atoms with Crippen LogP contribution in [-0.2, 0) is 9.59 Å². The Bertz CT molecular complexity index is 494. The lowest BCUT2D eigenvalue weighted by Gasteiger charge is -2.06. The summed E-state index contributed by atoms with van der Waals surface area (Å²) in [7, 11) is 0. The second-order valence-electron chi connectivity index (χ2n) is 4.67. The first-order valence-electron chi connectivity index (χ1n) is 6.97. The molecule has 0 unspecified atom stereocenters. The van der Waals surface area contributed by atoms with Crippen LogP contribution in [0.4, 0.5) is 0 Å².